The Morgan fingerprint density at radius 2 is 2.00 bits per heavy atom. The van der Waals surface area contributed by atoms with Crippen LogP contribution < -0.4 is 0 Å². The highest BCUT2D eigenvalue weighted by Gasteiger charge is 1.93. The highest BCUT2D eigenvalue weighted by Crippen LogP contribution is 2.15. The van der Waals surface area contributed by atoms with E-state index < -0.39 is 0 Å². The topological polar surface area (TPSA) is 0 Å². The van der Waals surface area contributed by atoms with E-state index in [1.807, 2.05) is 23.5 Å². The van der Waals surface area contributed by atoms with Gasteiger partial charge in [-0.2, -0.15) is 37.0 Å². The third-order valence-electron chi connectivity index (χ3n) is 0.822. The van der Waals surface area contributed by atoms with Gasteiger partial charge in [-0.05, 0) is 12.7 Å². The summed E-state index contributed by atoms with van der Waals surface area (Å²) in [6.07, 6.45) is 0. The molecule has 0 saturated carbocycles. The molecule has 1 atom stereocenters. The number of thioether (sulfide) groups is 2. The second-order valence-electron chi connectivity index (χ2n) is 1.81. The molecular weight excluding hydrogens is 200 g/mol. The van der Waals surface area contributed by atoms with E-state index in [2.05, 4.69) is 32.2 Å². The Morgan fingerprint density at radius 1 is 1.30 bits per heavy atom. The first-order valence-corrected chi connectivity index (χ1v) is 6.61. The number of hydrogen-bond donors (Lipinski definition) is 2. The Balaban J connectivity index is 2.77. The molecule has 0 spiro atoms. The van der Waals surface area contributed by atoms with E-state index in [9.17, 15) is 0 Å². The number of rotatable bonds is 6. The van der Waals surface area contributed by atoms with Crippen molar-refractivity contribution >= 4 is 48.8 Å². The van der Waals surface area contributed by atoms with Crippen LogP contribution in [-0.2, 0) is 0 Å². The van der Waals surface area contributed by atoms with Gasteiger partial charge in [0.15, 0.2) is 0 Å². The molecule has 1 unspecified atom stereocenters. The normalized spacial score (nSPS) is 13.5. The van der Waals surface area contributed by atoms with Crippen LogP contribution in [0.25, 0.3) is 0 Å². The van der Waals surface area contributed by atoms with Crippen molar-refractivity contribution in [3.05, 3.63) is 0 Å². The zero-order valence-electron chi connectivity index (χ0n) is 6.12. The summed E-state index contributed by atoms with van der Waals surface area (Å²) in [5.74, 6) is 4.61. The van der Waals surface area contributed by atoms with Gasteiger partial charge in [-0.3, -0.25) is 0 Å². The van der Waals surface area contributed by atoms with Gasteiger partial charge in [0.05, 0.1) is 0 Å². The molecule has 0 aliphatic rings. The molecular formula is C6H14S4. The van der Waals surface area contributed by atoms with Gasteiger partial charge in [-0.25, -0.2) is 0 Å². The first-order valence-electron chi connectivity index (χ1n) is 3.25. The maximum atomic E-state index is 4.26. The zero-order valence-corrected chi connectivity index (χ0v) is 9.54. The SMILES string of the molecule is CC(S)SCCSCCS. The molecule has 4 heteroatoms. The van der Waals surface area contributed by atoms with Gasteiger partial charge in [-0.15, -0.1) is 11.8 Å². The summed E-state index contributed by atoms with van der Waals surface area (Å²) in [6, 6.07) is 0. The van der Waals surface area contributed by atoms with Crippen LogP contribution in [0.3, 0.4) is 0 Å². The lowest BCUT2D eigenvalue weighted by Crippen LogP contribution is -1.91. The van der Waals surface area contributed by atoms with Gasteiger partial charge in [0.25, 0.3) is 0 Å². The Morgan fingerprint density at radius 3 is 2.50 bits per heavy atom. The summed E-state index contributed by atoms with van der Waals surface area (Å²) in [4.78, 5) is 0. The number of hydrogen-bond acceptors (Lipinski definition) is 4. The van der Waals surface area contributed by atoms with Crippen molar-refractivity contribution in [2.24, 2.45) is 0 Å². The molecule has 0 N–H and O–H groups in total. The molecule has 10 heavy (non-hydrogen) atoms. The molecule has 0 aromatic carbocycles. The molecule has 0 aliphatic heterocycles. The molecule has 0 fully saturated rings. The average molecular weight is 214 g/mol. The summed E-state index contributed by atoms with van der Waals surface area (Å²) in [6.45, 7) is 2.11. The van der Waals surface area contributed by atoms with Crippen molar-refractivity contribution in [2.75, 3.05) is 23.0 Å². The third kappa shape index (κ3) is 9.40. The minimum Gasteiger partial charge on any atom is -0.179 e. The molecule has 0 aliphatic carbocycles. The Labute approximate surface area is 83.1 Å². The van der Waals surface area contributed by atoms with Gasteiger partial charge in [0.1, 0.15) is 0 Å². The quantitative estimate of drug-likeness (QED) is 0.396. The fourth-order valence-corrected chi connectivity index (χ4v) is 2.68. The van der Waals surface area contributed by atoms with Crippen LogP contribution in [0.5, 0.6) is 0 Å². The summed E-state index contributed by atoms with van der Waals surface area (Å²) < 4.78 is 0.483. The predicted octanol–water partition coefficient (Wildman–Crippen LogP) is 2.66. The fraction of sp³-hybridized carbons (Fsp3) is 1.00. The second-order valence-corrected chi connectivity index (χ2v) is 6.05. The molecule has 0 nitrogen and oxygen atoms in total. The molecule has 0 aromatic rings. The van der Waals surface area contributed by atoms with Gasteiger partial charge >= 0.3 is 0 Å². The van der Waals surface area contributed by atoms with E-state index in [-0.39, 0.29) is 0 Å². The van der Waals surface area contributed by atoms with Crippen LogP contribution >= 0.6 is 48.8 Å². The monoisotopic (exact) mass is 214 g/mol. The van der Waals surface area contributed by atoms with Gasteiger partial charge in [0.2, 0.25) is 0 Å². The van der Waals surface area contributed by atoms with Crippen LogP contribution in [0, 0.1) is 0 Å². The van der Waals surface area contributed by atoms with Crippen LogP contribution in [0.15, 0.2) is 0 Å². The first kappa shape index (κ1) is 11.4. The highest BCUT2D eigenvalue weighted by atomic mass is 32.2. The lowest BCUT2D eigenvalue weighted by Gasteiger charge is -2.02. The summed E-state index contributed by atoms with van der Waals surface area (Å²) in [5, 5.41) is 0. The van der Waals surface area contributed by atoms with E-state index in [1.54, 1.807) is 0 Å². The van der Waals surface area contributed by atoms with Crippen LogP contribution in [0.2, 0.25) is 0 Å². The highest BCUT2D eigenvalue weighted by molar-refractivity contribution is 8.11. The van der Waals surface area contributed by atoms with Crippen molar-refractivity contribution < 1.29 is 0 Å². The maximum Gasteiger partial charge on any atom is 0.0444 e. The van der Waals surface area contributed by atoms with Crippen molar-refractivity contribution in [3.63, 3.8) is 0 Å². The molecule has 0 radical (unpaired) electrons. The molecule has 0 amide bonds. The average Bonchev–Trinajstić information content (AvgIpc) is 1.87. The van der Waals surface area contributed by atoms with Crippen molar-refractivity contribution in [1.29, 1.82) is 0 Å². The largest absolute Gasteiger partial charge is 0.179 e. The van der Waals surface area contributed by atoms with Gasteiger partial charge in [-0.1, -0.05) is 0 Å². The fourth-order valence-electron chi connectivity index (χ4n) is 0.444. The molecule has 62 valence electrons. The van der Waals surface area contributed by atoms with Crippen LogP contribution in [0.4, 0.5) is 0 Å². The van der Waals surface area contributed by atoms with Crippen LogP contribution in [0.1, 0.15) is 6.92 Å². The Hall–Kier alpha value is 1.40. The molecule has 0 rings (SSSR count). The third-order valence-corrected chi connectivity index (χ3v) is 3.96. The summed E-state index contributed by atoms with van der Waals surface area (Å²) in [5.41, 5.74) is 0. The first-order chi connectivity index (χ1) is 4.77. The minimum absolute atomic E-state index is 0.483. The van der Waals surface area contributed by atoms with Crippen LogP contribution in [-0.4, -0.2) is 27.6 Å². The van der Waals surface area contributed by atoms with Crippen molar-refractivity contribution in [2.45, 2.75) is 11.5 Å². The lowest BCUT2D eigenvalue weighted by molar-refractivity contribution is 1.41. The lowest BCUT2D eigenvalue weighted by atomic mass is 10.9. The number of thiol groups is 2. The predicted molar refractivity (Wildman–Crippen MR) is 62.1 cm³/mol. The maximum absolute atomic E-state index is 4.26. The minimum atomic E-state index is 0.483. The molecule has 0 bridgehead atoms. The molecule has 0 saturated heterocycles. The van der Waals surface area contributed by atoms with E-state index in [4.69, 9.17) is 0 Å². The molecule has 0 heterocycles. The smallest absolute Gasteiger partial charge is 0.0444 e. The summed E-state index contributed by atoms with van der Waals surface area (Å²) in [7, 11) is 0. The molecule has 0 aromatic heterocycles. The standard InChI is InChI=1S/C6H14S4/c1-6(8)10-5-4-9-3-2-7/h6-8H,2-5H2,1H3. The van der Waals surface area contributed by atoms with E-state index in [0.29, 0.717) is 4.58 Å². The zero-order chi connectivity index (χ0) is 7.82. The van der Waals surface area contributed by atoms with Gasteiger partial charge < -0.3 is 0 Å². The van der Waals surface area contributed by atoms with E-state index in [1.165, 1.54) is 17.3 Å². The van der Waals surface area contributed by atoms with Gasteiger partial charge in [0, 0.05) is 21.8 Å². The Kier molecular flexibility index (Phi) is 9.69. The summed E-state index contributed by atoms with van der Waals surface area (Å²) >= 11 is 12.2. The van der Waals surface area contributed by atoms with Crippen molar-refractivity contribution in [3.8, 4) is 0 Å². The van der Waals surface area contributed by atoms with Crippen molar-refractivity contribution in [1.82, 2.24) is 0 Å². The van der Waals surface area contributed by atoms with E-state index >= 15 is 0 Å². The Bertz CT molecular complexity index is 64.8. The second kappa shape index (κ2) is 8.50. The van der Waals surface area contributed by atoms with E-state index in [0.717, 1.165) is 5.75 Å².